The van der Waals surface area contributed by atoms with Crippen LogP contribution in [0.1, 0.15) is 78.6 Å². The maximum Gasteiger partial charge on any atom is 0.159 e. The quantitative estimate of drug-likeness (QED) is 0.728. The van der Waals surface area contributed by atoms with Crippen molar-refractivity contribution in [1.29, 1.82) is 0 Å². The maximum absolute atomic E-state index is 11.4. The van der Waals surface area contributed by atoms with Crippen LogP contribution < -0.4 is 0 Å². The number of rotatable bonds is 6. The van der Waals surface area contributed by atoms with Gasteiger partial charge in [-0.25, -0.2) is 0 Å². The fraction of sp³-hybridized carbons (Fsp3) is 0.783. The molecule has 3 aliphatic rings. The van der Waals surface area contributed by atoms with E-state index in [1.165, 1.54) is 12.8 Å². The van der Waals surface area contributed by atoms with Gasteiger partial charge in [0.05, 0.1) is 12.1 Å². The van der Waals surface area contributed by atoms with E-state index in [1.54, 1.807) is 20.8 Å². The molecule has 0 bridgehead atoms. The van der Waals surface area contributed by atoms with Crippen LogP contribution in [0.2, 0.25) is 0 Å². The van der Waals surface area contributed by atoms with Crippen LogP contribution in [0.4, 0.5) is 0 Å². The Morgan fingerprint density at radius 1 is 0.966 bits per heavy atom. The molecule has 0 radical (unpaired) electrons. The predicted octanol–water partition coefficient (Wildman–Crippen LogP) is 3.44. The third-order valence-corrected chi connectivity index (χ3v) is 6.37. The standard InChI is InChI=1S/C12H21NO2.C11H17NO2/c1-10(14)6-5-9-13-8-4-3-7-12(13)11(2)15;1-8(13)9-5-7-12-6-3-2-4-10(12)11(9)14/h12H,3-9H2,1-2H3;10,14H,2-7H2,1H3. The zero-order valence-electron chi connectivity index (χ0n) is 18.4. The summed E-state index contributed by atoms with van der Waals surface area (Å²) in [6, 6.07) is 0.252. The van der Waals surface area contributed by atoms with Crippen LogP contribution >= 0.6 is 0 Å². The van der Waals surface area contributed by atoms with Crippen molar-refractivity contribution in [2.45, 2.75) is 90.6 Å². The maximum atomic E-state index is 11.4. The van der Waals surface area contributed by atoms with Crippen molar-refractivity contribution < 1.29 is 19.5 Å². The van der Waals surface area contributed by atoms with Gasteiger partial charge >= 0.3 is 0 Å². The Bertz CT molecular complexity index is 628. The first-order valence-electron chi connectivity index (χ1n) is 11.2. The summed E-state index contributed by atoms with van der Waals surface area (Å²) in [6.45, 7) is 8.76. The number of nitrogens with zero attached hydrogens (tertiary/aromatic N) is 2. The molecular formula is C23H38N2O4. The van der Waals surface area contributed by atoms with E-state index in [4.69, 9.17) is 0 Å². The molecule has 0 aliphatic carbocycles. The van der Waals surface area contributed by atoms with E-state index in [0.29, 0.717) is 17.8 Å². The Hall–Kier alpha value is -1.53. The first-order chi connectivity index (χ1) is 13.8. The Labute approximate surface area is 175 Å². The van der Waals surface area contributed by atoms with Gasteiger partial charge in [0.15, 0.2) is 5.78 Å². The average Bonchev–Trinajstić information content (AvgIpc) is 2.68. The van der Waals surface area contributed by atoms with Crippen LogP contribution in [0.25, 0.3) is 0 Å². The van der Waals surface area contributed by atoms with E-state index in [1.807, 2.05) is 0 Å². The van der Waals surface area contributed by atoms with Gasteiger partial charge < -0.3 is 9.90 Å². The molecule has 6 nitrogen and oxygen atoms in total. The summed E-state index contributed by atoms with van der Waals surface area (Å²) in [5.41, 5.74) is 0.660. The minimum atomic E-state index is 0.0349. The topological polar surface area (TPSA) is 77.9 Å². The lowest BCUT2D eigenvalue weighted by atomic mass is 9.91. The highest BCUT2D eigenvalue weighted by molar-refractivity contribution is 5.94. The summed E-state index contributed by atoms with van der Waals surface area (Å²) in [6.07, 6.45) is 8.98. The first kappa shape index (κ1) is 23.7. The number of likely N-dealkylation sites (tertiary alicyclic amines) is 1. The second-order valence-electron chi connectivity index (χ2n) is 8.68. The number of carbonyl (C=O) groups excluding carboxylic acids is 3. The molecule has 1 N–H and O–H groups in total. The minimum absolute atomic E-state index is 0.0349. The van der Waals surface area contributed by atoms with E-state index in [9.17, 15) is 19.5 Å². The molecule has 6 heteroatoms. The highest BCUT2D eigenvalue weighted by Gasteiger charge is 2.32. The molecule has 2 fully saturated rings. The molecule has 0 aromatic heterocycles. The zero-order chi connectivity index (χ0) is 21.4. The van der Waals surface area contributed by atoms with Gasteiger partial charge in [-0.15, -0.1) is 0 Å². The number of hydrogen-bond donors (Lipinski definition) is 1. The van der Waals surface area contributed by atoms with Crippen molar-refractivity contribution in [3.05, 3.63) is 11.3 Å². The molecular weight excluding hydrogens is 368 g/mol. The predicted molar refractivity (Wildman–Crippen MR) is 114 cm³/mol. The van der Waals surface area contributed by atoms with E-state index in [-0.39, 0.29) is 29.4 Å². The second-order valence-corrected chi connectivity index (χ2v) is 8.68. The number of ketones is 3. The van der Waals surface area contributed by atoms with Gasteiger partial charge in [-0.1, -0.05) is 12.8 Å². The molecule has 3 rings (SSSR count). The Balaban J connectivity index is 0.000000207. The van der Waals surface area contributed by atoms with E-state index in [0.717, 1.165) is 64.7 Å². The minimum Gasteiger partial charge on any atom is -0.510 e. The molecule has 2 atom stereocenters. The fourth-order valence-electron chi connectivity index (χ4n) is 4.76. The highest BCUT2D eigenvalue weighted by Crippen LogP contribution is 2.29. The Morgan fingerprint density at radius 2 is 1.66 bits per heavy atom. The van der Waals surface area contributed by atoms with E-state index < -0.39 is 0 Å². The summed E-state index contributed by atoms with van der Waals surface area (Å²) in [4.78, 5) is 38.0. The third kappa shape index (κ3) is 7.03. The SMILES string of the molecule is CC(=O)C1=C(O)C2CCCCN2CC1.CC(=O)CCCN1CCCCC1C(C)=O. The van der Waals surface area contributed by atoms with Gasteiger partial charge in [0.2, 0.25) is 0 Å². The lowest BCUT2D eigenvalue weighted by molar-refractivity contribution is -0.123. The molecule has 3 aliphatic heterocycles. The lowest BCUT2D eigenvalue weighted by Crippen LogP contribution is -2.45. The number of hydrogen-bond acceptors (Lipinski definition) is 6. The van der Waals surface area contributed by atoms with Gasteiger partial charge in [-0.05, 0) is 78.9 Å². The van der Waals surface area contributed by atoms with Crippen LogP contribution in [0.5, 0.6) is 0 Å². The molecule has 2 unspecified atom stereocenters. The molecule has 0 spiro atoms. The summed E-state index contributed by atoms with van der Waals surface area (Å²) < 4.78 is 0. The highest BCUT2D eigenvalue weighted by atomic mass is 16.3. The molecule has 164 valence electrons. The first-order valence-corrected chi connectivity index (χ1v) is 11.2. The van der Waals surface area contributed by atoms with Crippen LogP contribution in [0.15, 0.2) is 11.3 Å². The molecule has 0 saturated carbocycles. The zero-order valence-corrected chi connectivity index (χ0v) is 18.4. The van der Waals surface area contributed by atoms with Gasteiger partial charge in [-0.2, -0.15) is 0 Å². The van der Waals surface area contributed by atoms with Crippen LogP contribution in [-0.4, -0.2) is 70.5 Å². The fourth-order valence-corrected chi connectivity index (χ4v) is 4.76. The number of piperidine rings is 2. The van der Waals surface area contributed by atoms with Crippen LogP contribution in [0.3, 0.4) is 0 Å². The summed E-state index contributed by atoms with van der Waals surface area (Å²) >= 11 is 0. The second kappa shape index (κ2) is 11.6. The molecule has 0 aromatic rings. The van der Waals surface area contributed by atoms with E-state index >= 15 is 0 Å². The normalized spacial score (nSPS) is 25.6. The summed E-state index contributed by atoms with van der Waals surface area (Å²) in [7, 11) is 0. The average molecular weight is 407 g/mol. The van der Waals surface area contributed by atoms with Crippen LogP contribution in [0, 0.1) is 0 Å². The molecule has 2 saturated heterocycles. The number of fused-ring (bicyclic) bond motifs is 1. The van der Waals surface area contributed by atoms with E-state index in [2.05, 4.69) is 9.80 Å². The molecule has 29 heavy (non-hydrogen) atoms. The Morgan fingerprint density at radius 3 is 2.31 bits per heavy atom. The van der Waals surface area contributed by atoms with Gasteiger partial charge in [0.25, 0.3) is 0 Å². The smallest absolute Gasteiger partial charge is 0.159 e. The van der Waals surface area contributed by atoms with Crippen LogP contribution in [-0.2, 0) is 14.4 Å². The summed E-state index contributed by atoms with van der Waals surface area (Å²) in [5.74, 6) is 0.903. The lowest BCUT2D eigenvalue weighted by Gasteiger charge is -2.39. The largest absolute Gasteiger partial charge is 0.510 e. The summed E-state index contributed by atoms with van der Waals surface area (Å²) in [5, 5.41) is 9.95. The number of aliphatic hydroxyl groups excluding tert-OH is 1. The third-order valence-electron chi connectivity index (χ3n) is 6.37. The van der Waals surface area contributed by atoms with Crippen molar-refractivity contribution in [2.75, 3.05) is 26.2 Å². The van der Waals surface area contributed by atoms with Crippen molar-refractivity contribution in [3.63, 3.8) is 0 Å². The van der Waals surface area contributed by atoms with Gasteiger partial charge in [0, 0.05) is 18.5 Å². The number of carbonyl (C=O) groups is 3. The van der Waals surface area contributed by atoms with Crippen molar-refractivity contribution in [2.24, 2.45) is 0 Å². The monoisotopic (exact) mass is 406 g/mol. The van der Waals surface area contributed by atoms with Crippen molar-refractivity contribution >= 4 is 17.3 Å². The van der Waals surface area contributed by atoms with Gasteiger partial charge in [-0.3, -0.25) is 19.4 Å². The molecule has 3 heterocycles. The number of Topliss-reactive ketones (excluding diaryl/α,β-unsaturated/α-hetero) is 3. The van der Waals surface area contributed by atoms with Crippen molar-refractivity contribution in [1.82, 2.24) is 9.80 Å². The van der Waals surface area contributed by atoms with Gasteiger partial charge in [0.1, 0.15) is 17.3 Å². The Kier molecular flexibility index (Phi) is 9.50. The van der Waals surface area contributed by atoms with Crippen molar-refractivity contribution in [3.8, 4) is 0 Å². The number of aliphatic hydroxyl groups is 1. The molecule has 0 aromatic carbocycles. The molecule has 0 amide bonds.